The molecule has 0 radical (unpaired) electrons. The smallest absolute Gasteiger partial charge is 0.341 e. The number of hydrogen-bond acceptors (Lipinski definition) is 6. The lowest BCUT2D eigenvalue weighted by molar-refractivity contribution is 0.0595. The number of carbonyl (C=O) groups is 3. The number of fused-ring (bicyclic) bond motifs is 2. The number of methoxy groups -OCH3 is 2. The minimum atomic E-state index is -0.750. The van der Waals surface area contributed by atoms with Crippen molar-refractivity contribution in [2.24, 2.45) is 0 Å². The standard InChI is InChI=1S/C20H18O6/c1-4-6-10-15-12(9-13(21)16(10)20(24)26-3)18(22)11-7-5-8-14(25-2)17(11)19(15)23/h5,7-9,21H,4,6H2,1-3H3. The number of phenolic OH excluding ortho intramolecular Hbond substituents is 1. The first-order chi connectivity index (χ1) is 12.5. The number of ketones is 2. The normalized spacial score (nSPS) is 12.4. The zero-order chi connectivity index (χ0) is 19.0. The van der Waals surface area contributed by atoms with Gasteiger partial charge in [-0.3, -0.25) is 9.59 Å². The van der Waals surface area contributed by atoms with Crippen molar-refractivity contribution in [2.75, 3.05) is 14.2 Å². The van der Waals surface area contributed by atoms with Gasteiger partial charge in [-0.2, -0.15) is 0 Å². The van der Waals surface area contributed by atoms with Gasteiger partial charge < -0.3 is 14.6 Å². The van der Waals surface area contributed by atoms with Crippen LogP contribution in [0, 0.1) is 0 Å². The van der Waals surface area contributed by atoms with Crippen molar-refractivity contribution in [3.05, 3.63) is 57.6 Å². The molecule has 1 N–H and O–H groups in total. The molecule has 0 saturated carbocycles. The number of benzene rings is 2. The number of carbonyl (C=O) groups excluding carboxylic acids is 3. The summed E-state index contributed by atoms with van der Waals surface area (Å²) in [7, 11) is 2.62. The van der Waals surface area contributed by atoms with Gasteiger partial charge in [0.1, 0.15) is 17.1 Å². The van der Waals surface area contributed by atoms with Gasteiger partial charge in [0.05, 0.1) is 19.8 Å². The van der Waals surface area contributed by atoms with E-state index in [0.717, 1.165) is 0 Å². The van der Waals surface area contributed by atoms with E-state index in [-0.39, 0.29) is 33.6 Å². The molecule has 134 valence electrons. The first-order valence-corrected chi connectivity index (χ1v) is 8.19. The zero-order valence-corrected chi connectivity index (χ0v) is 14.7. The number of ether oxygens (including phenoxy) is 2. The maximum absolute atomic E-state index is 13.2. The Bertz CT molecular complexity index is 942. The van der Waals surface area contributed by atoms with E-state index in [1.807, 2.05) is 6.92 Å². The SMILES string of the molecule is CCCc1c(C(=O)OC)c(O)cc2c1C(=O)c1c(OC)cccc1C2=O. The quantitative estimate of drug-likeness (QED) is 0.725. The fraction of sp³-hybridized carbons (Fsp3) is 0.250. The van der Waals surface area contributed by atoms with E-state index in [2.05, 4.69) is 0 Å². The third-order valence-electron chi connectivity index (χ3n) is 4.49. The number of esters is 1. The van der Waals surface area contributed by atoms with Crippen molar-refractivity contribution in [1.82, 2.24) is 0 Å². The van der Waals surface area contributed by atoms with Crippen LogP contribution >= 0.6 is 0 Å². The molecule has 0 saturated heterocycles. The molecule has 2 aromatic rings. The highest BCUT2D eigenvalue weighted by atomic mass is 16.5. The van der Waals surface area contributed by atoms with E-state index >= 15 is 0 Å². The second-order valence-corrected chi connectivity index (χ2v) is 5.95. The largest absolute Gasteiger partial charge is 0.507 e. The highest BCUT2D eigenvalue weighted by molar-refractivity contribution is 6.30. The van der Waals surface area contributed by atoms with Crippen molar-refractivity contribution in [3.63, 3.8) is 0 Å². The number of aromatic hydroxyl groups is 1. The van der Waals surface area contributed by atoms with Crippen LogP contribution in [0.15, 0.2) is 24.3 Å². The summed E-state index contributed by atoms with van der Waals surface area (Å²) in [5.41, 5.74) is 0.856. The molecule has 0 bridgehead atoms. The van der Waals surface area contributed by atoms with Crippen LogP contribution in [-0.4, -0.2) is 36.9 Å². The molecule has 0 aromatic heterocycles. The zero-order valence-electron chi connectivity index (χ0n) is 14.7. The van der Waals surface area contributed by atoms with E-state index in [4.69, 9.17) is 9.47 Å². The molecule has 3 rings (SSSR count). The molecule has 0 unspecified atom stereocenters. The Morgan fingerprint density at radius 2 is 1.81 bits per heavy atom. The molecule has 1 aliphatic carbocycles. The number of phenols is 1. The highest BCUT2D eigenvalue weighted by Gasteiger charge is 2.37. The van der Waals surface area contributed by atoms with Crippen LogP contribution in [0.1, 0.15) is 61.1 Å². The summed E-state index contributed by atoms with van der Waals surface area (Å²) in [5.74, 6) is -1.62. The third kappa shape index (κ3) is 2.45. The van der Waals surface area contributed by atoms with Crippen LogP contribution in [0.2, 0.25) is 0 Å². The van der Waals surface area contributed by atoms with Gasteiger partial charge in [-0.25, -0.2) is 4.79 Å². The van der Waals surface area contributed by atoms with E-state index in [0.29, 0.717) is 24.2 Å². The van der Waals surface area contributed by atoms with Gasteiger partial charge >= 0.3 is 5.97 Å². The van der Waals surface area contributed by atoms with Gasteiger partial charge in [-0.15, -0.1) is 0 Å². The maximum atomic E-state index is 13.2. The number of rotatable bonds is 4. The first-order valence-electron chi connectivity index (χ1n) is 8.19. The van der Waals surface area contributed by atoms with Gasteiger partial charge in [0, 0.05) is 16.7 Å². The Morgan fingerprint density at radius 3 is 2.42 bits per heavy atom. The predicted octanol–water partition coefficient (Wildman–Crippen LogP) is 2.92. The van der Waals surface area contributed by atoms with E-state index < -0.39 is 17.5 Å². The molecular weight excluding hydrogens is 336 g/mol. The molecule has 1 aliphatic rings. The van der Waals surface area contributed by atoms with Crippen molar-refractivity contribution >= 4 is 17.5 Å². The highest BCUT2D eigenvalue weighted by Crippen LogP contribution is 2.39. The second kappa shape index (κ2) is 6.63. The summed E-state index contributed by atoms with van der Waals surface area (Å²) in [6, 6.07) is 5.95. The van der Waals surface area contributed by atoms with Crippen LogP contribution in [0.5, 0.6) is 11.5 Å². The lowest BCUT2D eigenvalue weighted by atomic mass is 9.79. The predicted molar refractivity (Wildman–Crippen MR) is 93.3 cm³/mol. The first kappa shape index (κ1) is 17.7. The van der Waals surface area contributed by atoms with Crippen molar-refractivity contribution in [1.29, 1.82) is 0 Å². The Hall–Kier alpha value is -3.15. The lowest BCUT2D eigenvalue weighted by Gasteiger charge is -2.23. The van der Waals surface area contributed by atoms with Gasteiger partial charge in [0.15, 0.2) is 11.6 Å². The summed E-state index contributed by atoms with van der Waals surface area (Å²) in [6.07, 6.45) is 0.949. The minimum absolute atomic E-state index is 0.0763. The molecule has 0 aliphatic heterocycles. The van der Waals surface area contributed by atoms with Gasteiger partial charge in [0.25, 0.3) is 0 Å². The van der Waals surface area contributed by atoms with Crippen LogP contribution < -0.4 is 4.74 Å². The Labute approximate surface area is 150 Å². The van der Waals surface area contributed by atoms with Crippen LogP contribution in [0.3, 0.4) is 0 Å². The molecular formula is C20H18O6. The van der Waals surface area contributed by atoms with E-state index in [9.17, 15) is 19.5 Å². The summed E-state index contributed by atoms with van der Waals surface area (Å²) in [6.45, 7) is 1.88. The van der Waals surface area contributed by atoms with Gasteiger partial charge in [-0.05, 0) is 24.1 Å². The topological polar surface area (TPSA) is 89.9 Å². The van der Waals surface area contributed by atoms with Crippen LogP contribution in [0.4, 0.5) is 0 Å². The van der Waals surface area contributed by atoms with Gasteiger partial charge in [-0.1, -0.05) is 25.5 Å². The lowest BCUT2D eigenvalue weighted by Crippen LogP contribution is -2.25. The van der Waals surface area contributed by atoms with Gasteiger partial charge in [0.2, 0.25) is 0 Å². The monoisotopic (exact) mass is 354 g/mol. The second-order valence-electron chi connectivity index (χ2n) is 5.95. The molecule has 26 heavy (non-hydrogen) atoms. The Kier molecular flexibility index (Phi) is 4.50. The summed E-state index contributed by atoms with van der Waals surface area (Å²) < 4.78 is 10.0. The molecule has 0 fully saturated rings. The van der Waals surface area contributed by atoms with E-state index in [1.165, 1.54) is 20.3 Å². The van der Waals surface area contributed by atoms with Crippen LogP contribution in [0.25, 0.3) is 0 Å². The summed E-state index contributed by atoms with van der Waals surface area (Å²) in [4.78, 5) is 38.4. The molecule has 6 nitrogen and oxygen atoms in total. The summed E-state index contributed by atoms with van der Waals surface area (Å²) >= 11 is 0. The molecule has 6 heteroatoms. The maximum Gasteiger partial charge on any atom is 0.341 e. The minimum Gasteiger partial charge on any atom is -0.507 e. The Morgan fingerprint density at radius 1 is 1.08 bits per heavy atom. The third-order valence-corrected chi connectivity index (χ3v) is 4.49. The number of hydrogen-bond donors (Lipinski definition) is 1. The average molecular weight is 354 g/mol. The molecule has 0 spiro atoms. The van der Waals surface area contributed by atoms with E-state index in [1.54, 1.807) is 18.2 Å². The molecule has 2 aromatic carbocycles. The average Bonchev–Trinajstić information content (AvgIpc) is 2.64. The molecule has 0 amide bonds. The molecule has 0 heterocycles. The molecule has 0 atom stereocenters. The summed E-state index contributed by atoms with van der Waals surface area (Å²) in [5, 5.41) is 10.3. The van der Waals surface area contributed by atoms with Crippen LogP contribution in [-0.2, 0) is 11.2 Å². The fourth-order valence-corrected chi connectivity index (χ4v) is 3.39. The fourth-order valence-electron chi connectivity index (χ4n) is 3.39. The van der Waals surface area contributed by atoms with Crippen molar-refractivity contribution in [3.8, 4) is 11.5 Å². The van der Waals surface area contributed by atoms with Crippen molar-refractivity contribution in [2.45, 2.75) is 19.8 Å². The van der Waals surface area contributed by atoms with Crippen molar-refractivity contribution < 1.29 is 29.0 Å². The Balaban J connectivity index is 2.38.